The van der Waals surface area contributed by atoms with Crippen molar-refractivity contribution >= 4 is 11.6 Å². The topological polar surface area (TPSA) is 87.0 Å². The van der Waals surface area contributed by atoms with Crippen LogP contribution >= 0.6 is 0 Å². The van der Waals surface area contributed by atoms with Crippen molar-refractivity contribution < 1.29 is 4.79 Å². The van der Waals surface area contributed by atoms with Gasteiger partial charge in [0.2, 0.25) is 0 Å². The number of carbonyl (C=O) groups excluding carboxylic acids is 1. The Morgan fingerprint density at radius 3 is 2.65 bits per heavy atom. The number of anilines is 1. The van der Waals surface area contributed by atoms with E-state index in [9.17, 15) is 4.79 Å². The van der Waals surface area contributed by atoms with Crippen LogP contribution in [-0.4, -0.2) is 46.7 Å². The fourth-order valence-electron chi connectivity index (χ4n) is 3.59. The number of nitrogens with one attached hydrogen (secondary N) is 2. The van der Waals surface area contributed by atoms with Gasteiger partial charge in [0.1, 0.15) is 0 Å². The van der Waals surface area contributed by atoms with Crippen LogP contribution in [0.25, 0.3) is 0 Å². The number of nitrogen functional groups attached to an aromatic ring is 1. The van der Waals surface area contributed by atoms with Gasteiger partial charge in [0, 0.05) is 18.5 Å². The number of carbonyl (C=O) groups is 1. The Kier molecular flexibility index (Phi) is 2.73. The summed E-state index contributed by atoms with van der Waals surface area (Å²) in [5, 5.41) is 10.2. The molecule has 3 saturated heterocycles. The monoisotopic (exact) mass is 275 g/mol. The maximum atomic E-state index is 12.4. The van der Waals surface area contributed by atoms with E-state index in [1.165, 1.54) is 25.9 Å². The normalized spacial score (nSPS) is 32.3. The Morgan fingerprint density at radius 1 is 1.30 bits per heavy atom. The molecule has 1 unspecified atom stereocenters. The number of aromatic amines is 1. The van der Waals surface area contributed by atoms with Gasteiger partial charge < -0.3 is 16.0 Å². The number of piperidine rings is 3. The van der Waals surface area contributed by atoms with Crippen LogP contribution in [0.15, 0.2) is 0 Å². The summed E-state index contributed by atoms with van der Waals surface area (Å²) in [4.78, 5) is 14.8. The van der Waals surface area contributed by atoms with E-state index in [0.29, 0.717) is 23.2 Å². The van der Waals surface area contributed by atoms with Gasteiger partial charge in [0.25, 0.3) is 5.91 Å². The minimum absolute atomic E-state index is 0.121. The Balaban J connectivity index is 1.47. The lowest BCUT2D eigenvalue weighted by Crippen LogP contribution is -2.57. The third-order valence-corrected chi connectivity index (χ3v) is 5.01. The molecule has 1 aliphatic carbocycles. The van der Waals surface area contributed by atoms with Crippen molar-refractivity contribution in [1.82, 2.24) is 20.4 Å². The molecule has 1 aromatic heterocycles. The Hall–Kier alpha value is -1.56. The Labute approximate surface area is 118 Å². The Bertz CT molecular complexity index is 528. The van der Waals surface area contributed by atoms with Crippen LogP contribution < -0.4 is 11.1 Å². The first-order valence-corrected chi connectivity index (χ1v) is 7.59. The summed E-state index contributed by atoms with van der Waals surface area (Å²) in [7, 11) is 0. The quantitative estimate of drug-likeness (QED) is 0.757. The largest absolute Gasteiger partial charge is 0.395 e. The number of nitrogens with two attached hydrogens (primary N) is 1. The molecular weight excluding hydrogens is 254 g/mol. The zero-order valence-corrected chi connectivity index (χ0v) is 11.6. The van der Waals surface area contributed by atoms with Crippen LogP contribution in [0.1, 0.15) is 47.8 Å². The fraction of sp³-hybridized carbons (Fsp3) is 0.714. The van der Waals surface area contributed by atoms with Gasteiger partial charge in [-0.1, -0.05) is 0 Å². The zero-order chi connectivity index (χ0) is 13.7. The molecule has 0 aromatic carbocycles. The summed E-state index contributed by atoms with van der Waals surface area (Å²) >= 11 is 0. The van der Waals surface area contributed by atoms with Crippen molar-refractivity contribution in [3.63, 3.8) is 0 Å². The summed E-state index contributed by atoms with van der Waals surface area (Å²) in [5.41, 5.74) is 7.94. The molecule has 0 radical (unpaired) electrons. The van der Waals surface area contributed by atoms with E-state index in [1.807, 2.05) is 0 Å². The van der Waals surface area contributed by atoms with Gasteiger partial charge in [-0.05, 0) is 44.7 Å². The summed E-state index contributed by atoms with van der Waals surface area (Å²) in [6, 6.07) is 0.255. The molecule has 4 N–H and O–H groups in total. The molecule has 1 amide bonds. The van der Waals surface area contributed by atoms with Crippen molar-refractivity contribution in [1.29, 1.82) is 0 Å². The highest BCUT2D eigenvalue weighted by molar-refractivity contribution is 5.98. The molecule has 20 heavy (non-hydrogen) atoms. The SMILES string of the molecule is Nc1c(C(=O)NC2CN3CCC2CC3)n[nH]c1C1CC1. The molecule has 1 saturated carbocycles. The van der Waals surface area contributed by atoms with Gasteiger partial charge in [0.05, 0.1) is 11.4 Å². The van der Waals surface area contributed by atoms with Gasteiger partial charge in [-0.2, -0.15) is 5.10 Å². The van der Waals surface area contributed by atoms with E-state index in [1.54, 1.807) is 0 Å². The van der Waals surface area contributed by atoms with Crippen LogP contribution in [0.3, 0.4) is 0 Å². The number of hydrogen-bond donors (Lipinski definition) is 3. The molecule has 3 aliphatic heterocycles. The lowest BCUT2D eigenvalue weighted by Gasteiger charge is -2.44. The number of fused-ring (bicyclic) bond motifs is 3. The molecule has 2 bridgehead atoms. The van der Waals surface area contributed by atoms with Gasteiger partial charge in [0.15, 0.2) is 5.69 Å². The Morgan fingerprint density at radius 2 is 2.05 bits per heavy atom. The molecule has 108 valence electrons. The summed E-state index contributed by atoms with van der Waals surface area (Å²) in [5.74, 6) is 0.984. The first-order chi connectivity index (χ1) is 9.72. The van der Waals surface area contributed by atoms with Crippen LogP contribution in [0.2, 0.25) is 0 Å². The minimum atomic E-state index is -0.121. The molecule has 6 heteroatoms. The van der Waals surface area contributed by atoms with E-state index in [0.717, 1.165) is 25.1 Å². The average Bonchev–Trinajstić information content (AvgIpc) is 3.23. The fourth-order valence-corrected chi connectivity index (χ4v) is 3.59. The van der Waals surface area contributed by atoms with E-state index in [-0.39, 0.29) is 11.9 Å². The predicted molar refractivity (Wildman–Crippen MR) is 75.4 cm³/mol. The second-order valence-electron chi connectivity index (χ2n) is 6.39. The van der Waals surface area contributed by atoms with Gasteiger partial charge in [-0.15, -0.1) is 0 Å². The molecule has 4 aliphatic rings. The first kappa shape index (κ1) is 12.2. The van der Waals surface area contributed by atoms with Crippen molar-refractivity contribution in [3.05, 3.63) is 11.4 Å². The molecule has 6 nitrogen and oxygen atoms in total. The lowest BCUT2D eigenvalue weighted by molar-refractivity contribution is 0.0618. The summed E-state index contributed by atoms with van der Waals surface area (Å²) in [6.07, 6.45) is 4.67. The smallest absolute Gasteiger partial charge is 0.274 e. The number of H-pyrrole nitrogens is 1. The molecule has 1 aromatic rings. The van der Waals surface area contributed by atoms with E-state index < -0.39 is 0 Å². The maximum Gasteiger partial charge on any atom is 0.274 e. The van der Waals surface area contributed by atoms with E-state index in [2.05, 4.69) is 20.4 Å². The highest BCUT2D eigenvalue weighted by Gasteiger charge is 2.36. The molecular formula is C14H21N5O. The standard InChI is InChI=1S/C14H21N5O/c15-11-12(9-1-2-9)17-18-13(11)14(20)16-10-7-19-5-3-8(10)4-6-19/h8-10H,1-7,15H2,(H,16,20)(H,17,18). The van der Waals surface area contributed by atoms with E-state index in [4.69, 9.17) is 5.73 Å². The van der Waals surface area contributed by atoms with Crippen LogP contribution in [0.5, 0.6) is 0 Å². The number of rotatable bonds is 3. The van der Waals surface area contributed by atoms with Crippen LogP contribution in [0.4, 0.5) is 5.69 Å². The number of amides is 1. The van der Waals surface area contributed by atoms with Gasteiger partial charge in [-0.25, -0.2) is 0 Å². The van der Waals surface area contributed by atoms with E-state index >= 15 is 0 Å². The molecule has 4 fully saturated rings. The summed E-state index contributed by atoms with van der Waals surface area (Å²) < 4.78 is 0. The molecule has 0 spiro atoms. The predicted octanol–water partition coefficient (Wildman–Crippen LogP) is 0.693. The third kappa shape index (κ3) is 1.98. The van der Waals surface area contributed by atoms with Crippen molar-refractivity contribution in [2.75, 3.05) is 25.4 Å². The second kappa shape index (κ2) is 4.48. The lowest BCUT2D eigenvalue weighted by atomic mass is 9.84. The third-order valence-electron chi connectivity index (χ3n) is 5.01. The first-order valence-electron chi connectivity index (χ1n) is 7.59. The van der Waals surface area contributed by atoms with Gasteiger partial charge in [-0.3, -0.25) is 9.89 Å². The highest BCUT2D eigenvalue weighted by Crippen LogP contribution is 2.42. The summed E-state index contributed by atoms with van der Waals surface area (Å²) in [6.45, 7) is 3.32. The number of nitrogens with zero attached hydrogens (tertiary/aromatic N) is 2. The minimum Gasteiger partial charge on any atom is -0.395 e. The highest BCUT2D eigenvalue weighted by atomic mass is 16.2. The van der Waals surface area contributed by atoms with Crippen molar-refractivity contribution in [2.24, 2.45) is 5.92 Å². The van der Waals surface area contributed by atoms with Crippen molar-refractivity contribution in [2.45, 2.75) is 37.6 Å². The van der Waals surface area contributed by atoms with Crippen LogP contribution in [-0.2, 0) is 0 Å². The zero-order valence-electron chi connectivity index (χ0n) is 11.6. The molecule has 1 atom stereocenters. The molecule has 5 rings (SSSR count). The van der Waals surface area contributed by atoms with Crippen molar-refractivity contribution in [3.8, 4) is 0 Å². The van der Waals surface area contributed by atoms with Gasteiger partial charge >= 0.3 is 0 Å². The number of hydrogen-bond acceptors (Lipinski definition) is 4. The molecule has 4 heterocycles. The average molecular weight is 275 g/mol. The van der Waals surface area contributed by atoms with Crippen LogP contribution in [0, 0.1) is 5.92 Å². The maximum absolute atomic E-state index is 12.4. The number of aromatic nitrogens is 2. The second-order valence-corrected chi connectivity index (χ2v) is 6.39.